The normalized spacial score (nSPS) is 16.5. The molecule has 2 aromatic carbocycles. The summed E-state index contributed by atoms with van der Waals surface area (Å²) in [6.45, 7) is -2.13. The number of benzene rings is 2. The van der Waals surface area contributed by atoms with Gasteiger partial charge in [0, 0.05) is 23.2 Å². The van der Waals surface area contributed by atoms with Crippen molar-refractivity contribution in [2.45, 2.75) is 50.1 Å². The number of oxazole rings is 1. The Balaban J connectivity index is 1.33. The zero-order valence-corrected chi connectivity index (χ0v) is 23.3. The van der Waals surface area contributed by atoms with Gasteiger partial charge in [0.25, 0.3) is 11.9 Å². The number of rotatable bonds is 11. The van der Waals surface area contributed by atoms with Gasteiger partial charge in [-0.15, -0.1) is 0 Å². The van der Waals surface area contributed by atoms with E-state index in [4.69, 9.17) is 25.4 Å². The number of fused-ring (bicyclic) bond motifs is 1. The number of nitrogens with one attached hydrogen (secondary N) is 1. The predicted octanol–water partition coefficient (Wildman–Crippen LogP) is 4.58. The minimum atomic E-state index is -4.65. The van der Waals surface area contributed by atoms with E-state index in [1.807, 2.05) is 0 Å². The Morgan fingerprint density at radius 1 is 1.09 bits per heavy atom. The molecule has 1 amide bonds. The molecule has 0 saturated heterocycles. The summed E-state index contributed by atoms with van der Waals surface area (Å²) < 4.78 is 69.5. The van der Waals surface area contributed by atoms with Gasteiger partial charge in [0.15, 0.2) is 23.5 Å². The van der Waals surface area contributed by atoms with Gasteiger partial charge in [0.1, 0.15) is 22.9 Å². The summed E-state index contributed by atoms with van der Waals surface area (Å²) in [4.78, 5) is 22.0. The third-order valence-electron chi connectivity index (χ3n) is 7.54. The SMILES string of the molecule is NCc1cc([C@@](O)(CNC(=O)c2cc(OC3CC3)c3nc(N)oc3c2)C2CC2)nc(-c2ccc(F)cc2)c1OCC(F)(F)F. The van der Waals surface area contributed by atoms with Crippen LogP contribution in [-0.4, -0.2) is 46.4 Å². The maximum Gasteiger partial charge on any atom is 0.422 e. The van der Waals surface area contributed by atoms with Gasteiger partial charge in [-0.05, 0) is 74.1 Å². The predicted molar refractivity (Wildman–Crippen MR) is 150 cm³/mol. The van der Waals surface area contributed by atoms with E-state index in [2.05, 4.69) is 15.3 Å². The lowest BCUT2D eigenvalue weighted by atomic mass is 9.90. The van der Waals surface area contributed by atoms with E-state index in [9.17, 15) is 27.5 Å². The van der Waals surface area contributed by atoms with Crippen LogP contribution in [-0.2, 0) is 12.1 Å². The molecule has 232 valence electrons. The Labute approximate surface area is 248 Å². The van der Waals surface area contributed by atoms with Gasteiger partial charge in [-0.2, -0.15) is 18.2 Å². The number of anilines is 1. The number of aliphatic hydroxyl groups is 1. The second kappa shape index (κ2) is 11.2. The first kappa shape index (κ1) is 29.6. The first-order chi connectivity index (χ1) is 20.9. The quantitative estimate of drug-likeness (QED) is 0.177. The molecule has 0 radical (unpaired) electrons. The summed E-state index contributed by atoms with van der Waals surface area (Å²) in [5.74, 6) is -1.31. The van der Waals surface area contributed by atoms with E-state index in [0.717, 1.165) is 25.0 Å². The first-order valence-electron chi connectivity index (χ1n) is 14.0. The first-order valence-corrected chi connectivity index (χ1v) is 14.0. The standard InChI is InChI=1S/C30H29F4N5O5/c31-19-5-1-15(2-6-19)24-26(42-14-30(32,33)34)17(12-35)11-23(38-24)29(41,18-3-4-18)13-37-27(40)16-9-21(43-20-7-8-20)25-22(10-16)44-28(36)39-25/h1-2,5-6,9-11,18,20,41H,3-4,7-8,12-14,35H2,(H2,36,39)(H,37,40)/t29-/m1/s1. The molecule has 2 aromatic heterocycles. The molecule has 6 N–H and O–H groups in total. The third kappa shape index (κ3) is 6.26. The molecule has 0 bridgehead atoms. The number of pyridine rings is 1. The van der Waals surface area contributed by atoms with Gasteiger partial charge < -0.3 is 35.8 Å². The average Bonchev–Trinajstić information content (AvgIpc) is 3.92. The molecule has 2 fully saturated rings. The lowest BCUT2D eigenvalue weighted by Crippen LogP contribution is -2.43. The van der Waals surface area contributed by atoms with Crippen molar-refractivity contribution in [1.82, 2.24) is 15.3 Å². The number of hydrogen-bond acceptors (Lipinski definition) is 9. The molecule has 2 aliphatic rings. The van der Waals surface area contributed by atoms with Gasteiger partial charge in [0.2, 0.25) is 0 Å². The molecule has 10 nitrogen and oxygen atoms in total. The fourth-order valence-electron chi connectivity index (χ4n) is 5.00. The van der Waals surface area contributed by atoms with E-state index in [-0.39, 0.29) is 70.5 Å². The van der Waals surface area contributed by atoms with Gasteiger partial charge >= 0.3 is 6.18 Å². The van der Waals surface area contributed by atoms with Crippen LogP contribution >= 0.6 is 0 Å². The number of carbonyl (C=O) groups is 1. The minimum absolute atomic E-state index is 0.00981. The van der Waals surface area contributed by atoms with Crippen molar-refractivity contribution in [3.8, 4) is 22.8 Å². The van der Waals surface area contributed by atoms with Crippen LogP contribution in [0.3, 0.4) is 0 Å². The second-order valence-corrected chi connectivity index (χ2v) is 11.0. The maximum absolute atomic E-state index is 13.7. The number of nitrogen functional groups attached to an aromatic ring is 1. The Hall–Kier alpha value is -4.43. The molecule has 1 atom stereocenters. The van der Waals surface area contributed by atoms with Crippen molar-refractivity contribution in [1.29, 1.82) is 0 Å². The number of hydrogen-bond donors (Lipinski definition) is 4. The second-order valence-electron chi connectivity index (χ2n) is 11.0. The van der Waals surface area contributed by atoms with E-state index in [0.29, 0.717) is 24.1 Å². The number of nitrogens with two attached hydrogens (primary N) is 2. The molecule has 2 saturated carbocycles. The molecule has 4 aromatic rings. The van der Waals surface area contributed by atoms with Crippen molar-refractivity contribution in [3.05, 3.63) is 65.1 Å². The Morgan fingerprint density at radius 3 is 2.45 bits per heavy atom. The molecule has 0 spiro atoms. The molecule has 14 heteroatoms. The highest BCUT2D eigenvalue weighted by Crippen LogP contribution is 2.47. The lowest BCUT2D eigenvalue weighted by molar-refractivity contribution is -0.153. The summed E-state index contributed by atoms with van der Waals surface area (Å²) in [6.07, 6.45) is -1.65. The van der Waals surface area contributed by atoms with E-state index in [1.54, 1.807) is 0 Å². The van der Waals surface area contributed by atoms with E-state index in [1.165, 1.54) is 30.3 Å². The van der Waals surface area contributed by atoms with Crippen molar-refractivity contribution in [2.75, 3.05) is 18.9 Å². The van der Waals surface area contributed by atoms with Crippen LogP contribution in [0, 0.1) is 11.7 Å². The highest BCUT2D eigenvalue weighted by Gasteiger charge is 2.47. The summed E-state index contributed by atoms with van der Waals surface area (Å²) >= 11 is 0. The summed E-state index contributed by atoms with van der Waals surface area (Å²) in [5, 5.41) is 14.7. The van der Waals surface area contributed by atoms with Crippen LogP contribution in [0.4, 0.5) is 23.6 Å². The summed E-state index contributed by atoms with van der Waals surface area (Å²) in [7, 11) is 0. The lowest BCUT2D eigenvalue weighted by Gasteiger charge is -2.30. The highest BCUT2D eigenvalue weighted by atomic mass is 19.4. The van der Waals surface area contributed by atoms with Gasteiger partial charge in [-0.1, -0.05) is 0 Å². The summed E-state index contributed by atoms with van der Waals surface area (Å²) in [5.41, 5.74) is 11.2. The monoisotopic (exact) mass is 615 g/mol. The molecule has 2 heterocycles. The zero-order valence-electron chi connectivity index (χ0n) is 23.3. The van der Waals surface area contributed by atoms with Crippen LogP contribution in [0.25, 0.3) is 22.4 Å². The summed E-state index contributed by atoms with van der Waals surface area (Å²) in [6, 6.07) is 9.24. The highest BCUT2D eigenvalue weighted by molar-refractivity contribution is 5.99. The van der Waals surface area contributed by atoms with Crippen molar-refractivity contribution < 1.29 is 41.4 Å². The Kier molecular flexibility index (Phi) is 7.58. The molecule has 6 rings (SSSR count). The molecule has 2 aliphatic carbocycles. The van der Waals surface area contributed by atoms with Crippen molar-refractivity contribution >= 4 is 23.0 Å². The number of halogens is 4. The minimum Gasteiger partial charge on any atom is -0.488 e. The number of carbonyl (C=O) groups excluding carboxylic acids is 1. The van der Waals surface area contributed by atoms with Gasteiger partial charge in [0.05, 0.1) is 18.3 Å². The van der Waals surface area contributed by atoms with E-state index < -0.39 is 30.1 Å². The fraction of sp³-hybridized carbons (Fsp3) is 0.367. The van der Waals surface area contributed by atoms with Gasteiger partial charge in [-0.25, -0.2) is 9.37 Å². The smallest absolute Gasteiger partial charge is 0.422 e. The van der Waals surface area contributed by atoms with Crippen LogP contribution in [0.2, 0.25) is 0 Å². The number of amides is 1. The van der Waals surface area contributed by atoms with Crippen LogP contribution in [0.1, 0.15) is 47.3 Å². The van der Waals surface area contributed by atoms with Crippen LogP contribution < -0.4 is 26.3 Å². The molecule has 0 unspecified atom stereocenters. The van der Waals surface area contributed by atoms with Crippen LogP contribution in [0.5, 0.6) is 11.5 Å². The topological polar surface area (TPSA) is 159 Å². The largest absolute Gasteiger partial charge is 0.488 e. The molecular formula is C30H29F4N5O5. The number of aromatic nitrogens is 2. The number of alkyl halides is 3. The Morgan fingerprint density at radius 2 is 1.82 bits per heavy atom. The fourth-order valence-corrected chi connectivity index (χ4v) is 5.00. The maximum atomic E-state index is 13.7. The molecule has 0 aliphatic heterocycles. The molecule has 44 heavy (non-hydrogen) atoms. The number of ether oxygens (including phenoxy) is 2. The molecular weight excluding hydrogens is 586 g/mol. The number of nitrogens with zero attached hydrogens (tertiary/aromatic N) is 2. The average molecular weight is 616 g/mol. The van der Waals surface area contributed by atoms with E-state index >= 15 is 0 Å². The van der Waals surface area contributed by atoms with Crippen LogP contribution in [0.15, 0.2) is 46.9 Å². The zero-order chi connectivity index (χ0) is 31.2. The van der Waals surface area contributed by atoms with Crippen molar-refractivity contribution in [2.24, 2.45) is 11.7 Å². The Bertz CT molecular complexity index is 1700. The van der Waals surface area contributed by atoms with Gasteiger partial charge in [-0.3, -0.25) is 4.79 Å². The van der Waals surface area contributed by atoms with Crippen molar-refractivity contribution in [3.63, 3.8) is 0 Å². The third-order valence-corrected chi connectivity index (χ3v) is 7.54.